The zero-order chi connectivity index (χ0) is 27.0. The Labute approximate surface area is 233 Å². The van der Waals surface area contributed by atoms with E-state index in [0.717, 1.165) is 21.2 Å². The van der Waals surface area contributed by atoms with Crippen molar-refractivity contribution in [1.29, 1.82) is 0 Å². The Morgan fingerprint density at radius 2 is 1.70 bits per heavy atom. The van der Waals surface area contributed by atoms with Gasteiger partial charge in [0.2, 0.25) is 5.91 Å². The van der Waals surface area contributed by atoms with E-state index in [0.29, 0.717) is 23.7 Å². The van der Waals surface area contributed by atoms with Crippen LogP contribution in [-0.2, 0) is 28.0 Å². The zero-order valence-electron chi connectivity index (χ0n) is 21.8. The van der Waals surface area contributed by atoms with Crippen molar-refractivity contribution in [1.82, 2.24) is 10.2 Å². The molecule has 1 atom stereocenters. The molecule has 5 nitrogen and oxygen atoms in total. The Morgan fingerprint density at radius 1 is 1.03 bits per heavy atom. The molecule has 0 spiro atoms. The number of benzene rings is 3. The molecule has 0 saturated heterocycles. The third-order valence-corrected chi connectivity index (χ3v) is 7.06. The van der Waals surface area contributed by atoms with Gasteiger partial charge in [-0.2, -0.15) is 0 Å². The largest absolute Gasteiger partial charge is 0.483 e. The van der Waals surface area contributed by atoms with Crippen molar-refractivity contribution < 1.29 is 14.3 Å². The molecule has 0 radical (unpaired) electrons. The van der Waals surface area contributed by atoms with Crippen molar-refractivity contribution in [3.8, 4) is 5.75 Å². The number of ether oxygens (including phenoxy) is 1. The van der Waals surface area contributed by atoms with Crippen LogP contribution in [0.3, 0.4) is 0 Å². The van der Waals surface area contributed by atoms with Crippen LogP contribution in [0.1, 0.15) is 44.4 Å². The van der Waals surface area contributed by atoms with E-state index < -0.39 is 6.04 Å². The van der Waals surface area contributed by atoms with Gasteiger partial charge in [-0.05, 0) is 63.2 Å². The van der Waals surface area contributed by atoms with Gasteiger partial charge in [-0.15, -0.1) is 0 Å². The second kappa shape index (κ2) is 13.1. The zero-order valence-corrected chi connectivity index (χ0v) is 24.1. The molecule has 1 N–H and O–H groups in total. The Kier molecular flexibility index (Phi) is 10.2. The van der Waals surface area contributed by atoms with E-state index in [4.69, 9.17) is 16.3 Å². The van der Waals surface area contributed by atoms with E-state index in [1.807, 2.05) is 73.7 Å². The molecule has 196 valence electrons. The van der Waals surface area contributed by atoms with Gasteiger partial charge in [-0.1, -0.05) is 87.0 Å². The van der Waals surface area contributed by atoms with Gasteiger partial charge >= 0.3 is 0 Å². The highest BCUT2D eigenvalue weighted by atomic mass is 79.9. The predicted molar refractivity (Wildman–Crippen MR) is 153 cm³/mol. The van der Waals surface area contributed by atoms with Crippen molar-refractivity contribution in [2.24, 2.45) is 0 Å². The molecule has 0 aliphatic carbocycles. The van der Waals surface area contributed by atoms with Crippen LogP contribution in [0.2, 0.25) is 5.02 Å². The van der Waals surface area contributed by atoms with Gasteiger partial charge in [-0.25, -0.2) is 0 Å². The van der Waals surface area contributed by atoms with Crippen molar-refractivity contribution in [2.45, 2.75) is 52.1 Å². The molecule has 2 amide bonds. The fraction of sp³-hybridized carbons (Fsp3) is 0.333. The van der Waals surface area contributed by atoms with Crippen LogP contribution in [0, 0.1) is 0 Å². The van der Waals surface area contributed by atoms with E-state index >= 15 is 0 Å². The average molecular weight is 586 g/mol. The quantitative estimate of drug-likeness (QED) is 0.293. The Balaban J connectivity index is 1.90. The maximum atomic E-state index is 13.7. The molecule has 3 rings (SSSR count). The van der Waals surface area contributed by atoms with Gasteiger partial charge in [0, 0.05) is 24.5 Å². The summed E-state index contributed by atoms with van der Waals surface area (Å²) in [6.45, 7) is 8.70. The molecular weight excluding hydrogens is 552 g/mol. The number of halogens is 2. The summed E-state index contributed by atoms with van der Waals surface area (Å²) < 4.78 is 6.73. The second-order valence-corrected chi connectivity index (χ2v) is 11.2. The molecule has 0 aromatic heterocycles. The Morgan fingerprint density at radius 3 is 2.32 bits per heavy atom. The van der Waals surface area contributed by atoms with Crippen LogP contribution in [0.4, 0.5) is 0 Å². The Hall–Kier alpha value is -2.83. The summed E-state index contributed by atoms with van der Waals surface area (Å²) in [6, 6.07) is 22.2. The lowest BCUT2D eigenvalue weighted by Gasteiger charge is -2.31. The normalized spacial score (nSPS) is 12.1. The maximum absolute atomic E-state index is 13.7. The average Bonchev–Trinajstić information content (AvgIpc) is 2.86. The van der Waals surface area contributed by atoms with Gasteiger partial charge in [0.15, 0.2) is 6.61 Å². The number of hydrogen-bond donors (Lipinski definition) is 1. The fourth-order valence-electron chi connectivity index (χ4n) is 3.96. The highest BCUT2D eigenvalue weighted by Gasteiger charge is 2.31. The lowest BCUT2D eigenvalue weighted by Crippen LogP contribution is -2.51. The summed E-state index contributed by atoms with van der Waals surface area (Å²) in [7, 11) is 0. The van der Waals surface area contributed by atoms with Crippen LogP contribution in [0.5, 0.6) is 5.75 Å². The topological polar surface area (TPSA) is 58.6 Å². The second-order valence-electron chi connectivity index (χ2n) is 9.90. The van der Waals surface area contributed by atoms with Crippen LogP contribution in [0.25, 0.3) is 0 Å². The smallest absolute Gasteiger partial charge is 0.261 e. The third-order valence-electron chi connectivity index (χ3n) is 6.07. The van der Waals surface area contributed by atoms with Gasteiger partial charge < -0.3 is 15.0 Å². The predicted octanol–water partition coefficient (Wildman–Crippen LogP) is 6.56. The van der Waals surface area contributed by atoms with E-state index in [1.54, 1.807) is 11.0 Å². The summed E-state index contributed by atoms with van der Waals surface area (Å²) in [4.78, 5) is 28.5. The van der Waals surface area contributed by atoms with Crippen molar-refractivity contribution in [3.63, 3.8) is 0 Å². The van der Waals surface area contributed by atoms with Gasteiger partial charge in [-0.3, -0.25) is 9.59 Å². The number of carbonyl (C=O) groups excluding carboxylic acids is 2. The molecule has 0 saturated carbocycles. The van der Waals surface area contributed by atoms with Gasteiger partial charge in [0.1, 0.15) is 11.8 Å². The van der Waals surface area contributed by atoms with E-state index in [9.17, 15) is 9.59 Å². The minimum Gasteiger partial charge on any atom is -0.483 e. The summed E-state index contributed by atoms with van der Waals surface area (Å²) in [5, 5.41) is 3.43. The van der Waals surface area contributed by atoms with Crippen LogP contribution >= 0.6 is 27.5 Å². The van der Waals surface area contributed by atoms with Gasteiger partial charge in [0.05, 0.1) is 4.47 Å². The van der Waals surface area contributed by atoms with Crippen LogP contribution in [-0.4, -0.2) is 35.9 Å². The molecule has 0 aliphatic heterocycles. The van der Waals surface area contributed by atoms with E-state index in [1.165, 1.54) is 0 Å². The van der Waals surface area contributed by atoms with E-state index in [2.05, 4.69) is 42.0 Å². The first-order chi connectivity index (χ1) is 17.6. The first-order valence-corrected chi connectivity index (χ1v) is 13.5. The molecule has 3 aromatic rings. The van der Waals surface area contributed by atoms with Crippen molar-refractivity contribution in [3.05, 3.63) is 99.0 Å². The number of amides is 2. The SMILES string of the molecule is CCNC(=O)C(Cc1ccccc1)N(Cc1ccccc1Cl)C(=O)COc1ccc(C(C)(C)C)cc1Br. The number of carbonyl (C=O) groups is 2. The molecule has 37 heavy (non-hydrogen) atoms. The number of likely N-dealkylation sites (N-methyl/N-ethyl adjacent to an activating group) is 1. The Bertz CT molecular complexity index is 1210. The summed E-state index contributed by atoms with van der Waals surface area (Å²) in [5.41, 5.74) is 2.85. The molecule has 7 heteroatoms. The molecule has 0 aliphatic rings. The fourth-order valence-corrected chi connectivity index (χ4v) is 4.65. The summed E-state index contributed by atoms with van der Waals surface area (Å²) in [6.07, 6.45) is 0.368. The number of nitrogens with one attached hydrogen (secondary N) is 1. The first-order valence-electron chi connectivity index (χ1n) is 12.4. The monoisotopic (exact) mass is 584 g/mol. The van der Waals surface area contributed by atoms with Crippen LogP contribution in [0.15, 0.2) is 77.3 Å². The van der Waals surface area contributed by atoms with Gasteiger partial charge in [0.25, 0.3) is 5.91 Å². The van der Waals surface area contributed by atoms with Crippen LogP contribution < -0.4 is 10.1 Å². The molecule has 0 bridgehead atoms. The minimum absolute atomic E-state index is 0.0140. The summed E-state index contributed by atoms with van der Waals surface area (Å²) in [5.74, 6) is 0.0398. The lowest BCUT2D eigenvalue weighted by atomic mass is 9.87. The maximum Gasteiger partial charge on any atom is 0.261 e. The lowest BCUT2D eigenvalue weighted by molar-refractivity contribution is -0.142. The molecular formula is C30H34BrClN2O3. The summed E-state index contributed by atoms with van der Waals surface area (Å²) >= 11 is 10.0. The third kappa shape index (κ3) is 8.08. The first kappa shape index (κ1) is 28.7. The number of nitrogens with zero attached hydrogens (tertiary/aromatic N) is 1. The molecule has 0 fully saturated rings. The highest BCUT2D eigenvalue weighted by Crippen LogP contribution is 2.31. The highest BCUT2D eigenvalue weighted by molar-refractivity contribution is 9.10. The molecule has 0 heterocycles. The molecule has 3 aromatic carbocycles. The van der Waals surface area contributed by atoms with E-state index in [-0.39, 0.29) is 30.4 Å². The van der Waals surface area contributed by atoms with Crippen molar-refractivity contribution in [2.75, 3.05) is 13.2 Å². The number of hydrogen-bond acceptors (Lipinski definition) is 3. The standard InChI is InChI=1S/C30H34BrClN2O3/c1-5-33-29(36)26(17-21-11-7-6-8-12-21)34(19-22-13-9-10-14-25(22)32)28(35)20-37-27-16-15-23(18-24(27)31)30(2,3)4/h6-16,18,26H,5,17,19-20H2,1-4H3,(H,33,36). The molecule has 1 unspecified atom stereocenters. The number of rotatable bonds is 10. The van der Waals surface area contributed by atoms with Crippen molar-refractivity contribution >= 4 is 39.3 Å². The minimum atomic E-state index is -0.735.